The number of nitrogens with one attached hydrogen (secondary N) is 1. The molecule has 6 nitrogen and oxygen atoms in total. The van der Waals surface area contributed by atoms with Gasteiger partial charge in [-0.3, -0.25) is 4.79 Å². The molecule has 0 aliphatic carbocycles. The minimum atomic E-state index is -0.410. The second-order valence-electron chi connectivity index (χ2n) is 4.78. The number of fused-ring (bicyclic) bond motifs is 1. The summed E-state index contributed by atoms with van der Waals surface area (Å²) in [6, 6.07) is 9.14. The predicted molar refractivity (Wildman–Crippen MR) is 80.1 cm³/mol. The normalized spacial score (nSPS) is 10.4. The van der Waals surface area contributed by atoms with Crippen LogP contribution in [-0.4, -0.2) is 20.9 Å². The molecule has 0 atom stereocenters. The van der Waals surface area contributed by atoms with Crippen LogP contribution in [0.5, 0.6) is 5.75 Å². The van der Waals surface area contributed by atoms with Crippen molar-refractivity contribution in [1.82, 2.24) is 15.0 Å². The highest BCUT2D eigenvalue weighted by Gasteiger charge is 2.16. The third kappa shape index (κ3) is 2.40. The summed E-state index contributed by atoms with van der Waals surface area (Å²) >= 11 is 0. The van der Waals surface area contributed by atoms with Crippen LogP contribution in [0.3, 0.4) is 0 Å². The van der Waals surface area contributed by atoms with E-state index in [-0.39, 0.29) is 0 Å². The number of rotatable bonds is 2. The van der Waals surface area contributed by atoms with E-state index in [1.165, 1.54) is 6.92 Å². The number of H-pyrrole nitrogens is 1. The van der Waals surface area contributed by atoms with Gasteiger partial charge in [0.05, 0.1) is 22.7 Å². The van der Waals surface area contributed by atoms with E-state index in [1.807, 2.05) is 12.1 Å². The first-order chi connectivity index (χ1) is 10.6. The quantitative estimate of drug-likeness (QED) is 0.733. The topological polar surface area (TPSA) is 91.7 Å². The van der Waals surface area contributed by atoms with Gasteiger partial charge in [-0.15, -0.1) is 0 Å². The number of ether oxygens (including phenoxy) is 1. The number of hydrogen-bond acceptors (Lipinski definition) is 5. The van der Waals surface area contributed by atoms with Gasteiger partial charge in [0.1, 0.15) is 11.5 Å². The zero-order valence-corrected chi connectivity index (χ0v) is 12.0. The fourth-order valence-electron chi connectivity index (χ4n) is 2.26. The van der Waals surface area contributed by atoms with E-state index in [0.717, 1.165) is 5.56 Å². The number of nitriles is 1. The van der Waals surface area contributed by atoms with Gasteiger partial charge in [-0.1, -0.05) is 12.1 Å². The van der Waals surface area contributed by atoms with Crippen molar-refractivity contribution in [2.75, 3.05) is 0 Å². The molecular formula is C16H12N4O2. The number of aromatic amines is 1. The molecule has 0 saturated carbocycles. The SMILES string of the molecule is CC(=O)Oc1c[nH]c2nc(C)nc(-c3ccc(C#N)cc3)c12. The first-order valence-corrected chi connectivity index (χ1v) is 6.63. The van der Waals surface area contributed by atoms with E-state index in [4.69, 9.17) is 10.00 Å². The van der Waals surface area contributed by atoms with Crippen LogP contribution in [0.4, 0.5) is 0 Å². The molecule has 2 aromatic heterocycles. The summed E-state index contributed by atoms with van der Waals surface area (Å²) < 4.78 is 5.21. The smallest absolute Gasteiger partial charge is 0.308 e. The molecule has 108 valence electrons. The molecule has 0 saturated heterocycles. The van der Waals surface area contributed by atoms with Gasteiger partial charge in [0, 0.05) is 18.7 Å². The van der Waals surface area contributed by atoms with Crippen molar-refractivity contribution in [3.8, 4) is 23.1 Å². The van der Waals surface area contributed by atoms with Crippen molar-refractivity contribution < 1.29 is 9.53 Å². The average molecular weight is 292 g/mol. The highest BCUT2D eigenvalue weighted by atomic mass is 16.5. The number of aryl methyl sites for hydroxylation is 1. The summed E-state index contributed by atoms with van der Waals surface area (Å²) in [5.41, 5.74) is 2.65. The van der Waals surface area contributed by atoms with Crippen LogP contribution in [0.2, 0.25) is 0 Å². The maximum absolute atomic E-state index is 11.2. The maximum Gasteiger partial charge on any atom is 0.308 e. The summed E-state index contributed by atoms with van der Waals surface area (Å²) in [6.07, 6.45) is 1.59. The highest BCUT2D eigenvalue weighted by Crippen LogP contribution is 2.33. The van der Waals surface area contributed by atoms with Crippen LogP contribution in [0.15, 0.2) is 30.5 Å². The molecule has 0 aliphatic rings. The lowest BCUT2D eigenvalue weighted by molar-refractivity contribution is -0.131. The van der Waals surface area contributed by atoms with Crippen molar-refractivity contribution in [1.29, 1.82) is 5.26 Å². The number of hydrogen-bond donors (Lipinski definition) is 1. The molecule has 0 radical (unpaired) electrons. The van der Waals surface area contributed by atoms with E-state index in [1.54, 1.807) is 25.3 Å². The van der Waals surface area contributed by atoms with Crippen molar-refractivity contribution in [2.24, 2.45) is 0 Å². The molecule has 6 heteroatoms. The number of carbonyl (C=O) groups excluding carboxylic acids is 1. The summed E-state index contributed by atoms with van der Waals surface area (Å²) in [7, 11) is 0. The van der Waals surface area contributed by atoms with Crippen LogP contribution in [0.25, 0.3) is 22.3 Å². The Morgan fingerprint density at radius 2 is 2.00 bits per heavy atom. The van der Waals surface area contributed by atoms with Crippen molar-refractivity contribution in [2.45, 2.75) is 13.8 Å². The van der Waals surface area contributed by atoms with E-state index >= 15 is 0 Å². The number of nitrogens with zero attached hydrogens (tertiary/aromatic N) is 3. The molecule has 0 bridgehead atoms. The monoisotopic (exact) mass is 292 g/mol. The Morgan fingerprint density at radius 3 is 2.64 bits per heavy atom. The van der Waals surface area contributed by atoms with Crippen LogP contribution in [0.1, 0.15) is 18.3 Å². The summed E-state index contributed by atoms with van der Waals surface area (Å²) in [4.78, 5) is 23.0. The lowest BCUT2D eigenvalue weighted by Crippen LogP contribution is -2.01. The average Bonchev–Trinajstić information content (AvgIpc) is 2.88. The molecule has 3 aromatic rings. The van der Waals surface area contributed by atoms with E-state index in [9.17, 15) is 4.79 Å². The molecule has 1 aromatic carbocycles. The van der Waals surface area contributed by atoms with Gasteiger partial charge in [-0.25, -0.2) is 9.97 Å². The van der Waals surface area contributed by atoms with E-state index < -0.39 is 5.97 Å². The third-order valence-electron chi connectivity index (χ3n) is 3.15. The second-order valence-corrected chi connectivity index (χ2v) is 4.78. The largest absolute Gasteiger partial charge is 0.424 e. The van der Waals surface area contributed by atoms with Gasteiger partial charge in [-0.2, -0.15) is 5.26 Å². The Morgan fingerprint density at radius 1 is 1.27 bits per heavy atom. The van der Waals surface area contributed by atoms with Gasteiger partial charge in [-0.05, 0) is 19.1 Å². The Labute approximate surface area is 126 Å². The summed E-state index contributed by atoms with van der Waals surface area (Å²) in [5.74, 6) is 0.581. The van der Waals surface area contributed by atoms with Gasteiger partial charge >= 0.3 is 5.97 Å². The fourth-order valence-corrected chi connectivity index (χ4v) is 2.26. The van der Waals surface area contributed by atoms with Gasteiger partial charge in [0.25, 0.3) is 0 Å². The molecule has 22 heavy (non-hydrogen) atoms. The van der Waals surface area contributed by atoms with E-state index in [0.29, 0.717) is 33.9 Å². The molecule has 0 fully saturated rings. The van der Waals surface area contributed by atoms with Crippen molar-refractivity contribution in [3.05, 3.63) is 41.9 Å². The first kappa shape index (κ1) is 13.8. The summed E-state index contributed by atoms with van der Waals surface area (Å²) in [5, 5.41) is 9.53. The minimum Gasteiger partial charge on any atom is -0.424 e. The Hall–Kier alpha value is -3.20. The number of aromatic nitrogens is 3. The molecular weight excluding hydrogens is 280 g/mol. The fraction of sp³-hybridized carbons (Fsp3) is 0.125. The van der Waals surface area contributed by atoms with Gasteiger partial charge in [0.2, 0.25) is 0 Å². The number of esters is 1. The Balaban J connectivity index is 2.24. The van der Waals surface area contributed by atoms with Gasteiger partial charge < -0.3 is 9.72 Å². The second kappa shape index (κ2) is 5.30. The standard InChI is InChI=1S/C16H12N4O2/c1-9-19-15(12-5-3-11(7-17)4-6-12)14-13(22-10(2)21)8-18-16(14)20-9/h3-6,8H,1-2H3,(H,18,19,20). The molecule has 3 rings (SSSR count). The highest BCUT2D eigenvalue weighted by molar-refractivity contribution is 5.97. The van der Waals surface area contributed by atoms with Crippen molar-refractivity contribution in [3.63, 3.8) is 0 Å². The first-order valence-electron chi connectivity index (χ1n) is 6.63. The molecule has 0 unspecified atom stereocenters. The molecule has 0 spiro atoms. The maximum atomic E-state index is 11.2. The third-order valence-corrected chi connectivity index (χ3v) is 3.15. The van der Waals surface area contributed by atoms with Crippen LogP contribution in [0, 0.1) is 18.3 Å². The zero-order chi connectivity index (χ0) is 15.7. The van der Waals surface area contributed by atoms with Crippen LogP contribution >= 0.6 is 0 Å². The minimum absolute atomic E-state index is 0.391. The Bertz CT molecular complexity index is 904. The van der Waals surface area contributed by atoms with Crippen LogP contribution in [-0.2, 0) is 4.79 Å². The molecule has 0 aliphatic heterocycles. The molecule has 0 amide bonds. The lowest BCUT2D eigenvalue weighted by atomic mass is 10.1. The van der Waals surface area contributed by atoms with Crippen molar-refractivity contribution >= 4 is 17.0 Å². The predicted octanol–water partition coefficient (Wildman–Crippen LogP) is 2.73. The van der Waals surface area contributed by atoms with Crippen LogP contribution < -0.4 is 4.74 Å². The van der Waals surface area contributed by atoms with Gasteiger partial charge in [0.15, 0.2) is 5.75 Å². The number of carbonyl (C=O) groups is 1. The number of benzene rings is 1. The lowest BCUT2D eigenvalue weighted by Gasteiger charge is -2.06. The molecule has 1 N–H and O–H groups in total. The zero-order valence-electron chi connectivity index (χ0n) is 12.0. The summed E-state index contributed by atoms with van der Waals surface area (Å²) in [6.45, 7) is 3.13. The Kier molecular flexibility index (Phi) is 3.31. The van der Waals surface area contributed by atoms with E-state index in [2.05, 4.69) is 21.0 Å². The molecule has 2 heterocycles.